The van der Waals surface area contributed by atoms with E-state index in [9.17, 15) is 13.2 Å². The van der Waals surface area contributed by atoms with E-state index in [1.54, 1.807) is 17.0 Å². The fraction of sp³-hybridized carbons (Fsp3) is 0.278. The van der Waals surface area contributed by atoms with Gasteiger partial charge in [-0.05, 0) is 23.6 Å². The second-order valence-electron chi connectivity index (χ2n) is 5.96. The van der Waals surface area contributed by atoms with E-state index in [0.29, 0.717) is 12.1 Å². The highest BCUT2D eigenvalue weighted by atomic mass is 32.2. The van der Waals surface area contributed by atoms with Crippen molar-refractivity contribution in [3.05, 3.63) is 65.7 Å². The molecule has 0 spiro atoms. The van der Waals surface area contributed by atoms with E-state index in [4.69, 9.17) is 0 Å². The number of carbonyl (C=O) groups excluding carboxylic acids is 1. The fourth-order valence-electron chi connectivity index (χ4n) is 3.05. The third kappa shape index (κ3) is 3.07. The minimum atomic E-state index is -3.52. The number of likely N-dealkylation sites (N-methyl/N-ethyl adjacent to an activating group) is 1. The van der Waals surface area contributed by atoms with Gasteiger partial charge in [-0.2, -0.15) is 4.31 Å². The van der Waals surface area contributed by atoms with Crippen molar-refractivity contribution < 1.29 is 13.2 Å². The van der Waals surface area contributed by atoms with Crippen LogP contribution in [0.5, 0.6) is 0 Å². The Hall–Kier alpha value is -2.18. The maximum absolute atomic E-state index is 13.2. The maximum atomic E-state index is 13.2. The molecule has 2 aromatic rings. The van der Waals surface area contributed by atoms with Gasteiger partial charge in [-0.1, -0.05) is 48.5 Å². The van der Waals surface area contributed by atoms with E-state index in [2.05, 4.69) is 0 Å². The first-order chi connectivity index (χ1) is 11.4. The predicted octanol–water partition coefficient (Wildman–Crippen LogP) is 2.21. The van der Waals surface area contributed by atoms with Crippen LogP contribution in [0.25, 0.3) is 0 Å². The van der Waals surface area contributed by atoms with E-state index in [1.165, 1.54) is 7.05 Å². The van der Waals surface area contributed by atoms with E-state index >= 15 is 0 Å². The molecule has 126 valence electrons. The maximum Gasteiger partial charge on any atom is 0.249 e. The molecule has 5 nitrogen and oxygen atoms in total. The Kier molecular flexibility index (Phi) is 4.43. The number of hydrogen-bond acceptors (Lipinski definition) is 3. The molecule has 1 aliphatic heterocycles. The lowest BCUT2D eigenvalue weighted by Crippen LogP contribution is -2.43. The van der Waals surface area contributed by atoms with Crippen LogP contribution in [0.2, 0.25) is 0 Å². The van der Waals surface area contributed by atoms with Gasteiger partial charge < -0.3 is 4.90 Å². The number of nitrogens with zero attached hydrogens (tertiary/aromatic N) is 2. The second kappa shape index (κ2) is 6.37. The van der Waals surface area contributed by atoms with E-state index in [1.807, 2.05) is 42.5 Å². The Bertz CT molecular complexity index is 850. The predicted molar refractivity (Wildman–Crippen MR) is 94.3 cm³/mol. The lowest BCUT2D eigenvalue weighted by Gasteiger charge is -2.29. The molecule has 24 heavy (non-hydrogen) atoms. The molecular weight excluding hydrogens is 324 g/mol. The SMILES string of the molecule is CN(C(C(=O)N1CCc2ccccc21)c1ccccc1)S(C)(=O)=O. The van der Waals surface area contributed by atoms with Crippen molar-refractivity contribution in [1.29, 1.82) is 0 Å². The topological polar surface area (TPSA) is 57.7 Å². The average molecular weight is 344 g/mol. The number of benzene rings is 2. The van der Waals surface area contributed by atoms with Crippen molar-refractivity contribution in [3.8, 4) is 0 Å². The summed E-state index contributed by atoms with van der Waals surface area (Å²) in [5, 5.41) is 0. The van der Waals surface area contributed by atoms with Gasteiger partial charge in [-0.25, -0.2) is 8.42 Å². The van der Waals surface area contributed by atoms with Crippen molar-refractivity contribution >= 4 is 21.6 Å². The molecule has 6 heteroatoms. The number of rotatable bonds is 4. The lowest BCUT2D eigenvalue weighted by molar-refractivity contribution is -0.122. The van der Waals surface area contributed by atoms with Gasteiger partial charge in [0.25, 0.3) is 0 Å². The Morgan fingerprint density at radius 2 is 1.71 bits per heavy atom. The highest BCUT2D eigenvalue weighted by molar-refractivity contribution is 7.88. The molecule has 1 amide bonds. The van der Waals surface area contributed by atoms with Gasteiger partial charge in [0.2, 0.25) is 15.9 Å². The van der Waals surface area contributed by atoms with Crippen LogP contribution in [0.15, 0.2) is 54.6 Å². The quantitative estimate of drug-likeness (QED) is 0.854. The molecule has 0 bridgehead atoms. The normalized spacial score (nSPS) is 15.4. The Morgan fingerprint density at radius 3 is 2.38 bits per heavy atom. The molecule has 1 aliphatic rings. The lowest BCUT2D eigenvalue weighted by atomic mass is 10.1. The first-order valence-electron chi connectivity index (χ1n) is 7.77. The van der Waals surface area contributed by atoms with Crippen LogP contribution in [0.3, 0.4) is 0 Å². The number of amides is 1. The third-order valence-electron chi connectivity index (χ3n) is 4.39. The molecule has 3 rings (SSSR count). The van der Waals surface area contributed by atoms with Gasteiger partial charge in [0.15, 0.2) is 0 Å². The first kappa shape index (κ1) is 16.7. The van der Waals surface area contributed by atoms with Gasteiger partial charge in [0.1, 0.15) is 6.04 Å². The first-order valence-corrected chi connectivity index (χ1v) is 9.61. The number of anilines is 1. The summed E-state index contributed by atoms with van der Waals surface area (Å²) >= 11 is 0. The monoisotopic (exact) mass is 344 g/mol. The Balaban J connectivity index is 2.02. The standard InChI is InChI=1S/C18H20N2O3S/c1-19(24(2,22)23)17(15-9-4-3-5-10-15)18(21)20-13-12-14-8-6-7-11-16(14)20/h3-11,17H,12-13H2,1-2H3. The van der Waals surface area contributed by atoms with Gasteiger partial charge in [0, 0.05) is 19.3 Å². The zero-order valence-electron chi connectivity index (χ0n) is 13.7. The number of sulfonamides is 1. The van der Waals surface area contributed by atoms with Gasteiger partial charge in [-0.15, -0.1) is 0 Å². The highest BCUT2D eigenvalue weighted by Gasteiger charge is 2.36. The molecule has 0 saturated carbocycles. The number of carbonyl (C=O) groups is 1. The van der Waals surface area contributed by atoms with Gasteiger partial charge >= 0.3 is 0 Å². The summed E-state index contributed by atoms with van der Waals surface area (Å²) in [7, 11) is -2.07. The van der Waals surface area contributed by atoms with Crippen molar-refractivity contribution in [2.24, 2.45) is 0 Å². The molecule has 2 aromatic carbocycles. The zero-order valence-corrected chi connectivity index (χ0v) is 14.5. The van der Waals surface area contributed by atoms with Crippen molar-refractivity contribution in [2.75, 3.05) is 24.7 Å². The summed E-state index contributed by atoms with van der Waals surface area (Å²) in [6, 6.07) is 15.9. The summed E-state index contributed by atoms with van der Waals surface area (Å²) in [5.74, 6) is -0.223. The molecule has 0 aromatic heterocycles. The van der Waals surface area contributed by atoms with E-state index in [0.717, 1.165) is 28.2 Å². The van der Waals surface area contributed by atoms with Crippen LogP contribution in [0.4, 0.5) is 5.69 Å². The van der Waals surface area contributed by atoms with Crippen LogP contribution in [0, 0.1) is 0 Å². The summed E-state index contributed by atoms with van der Waals surface area (Å²) in [5.41, 5.74) is 2.64. The highest BCUT2D eigenvalue weighted by Crippen LogP contribution is 2.32. The average Bonchev–Trinajstić information content (AvgIpc) is 2.99. The van der Waals surface area contributed by atoms with E-state index in [-0.39, 0.29) is 5.91 Å². The van der Waals surface area contributed by atoms with Gasteiger partial charge in [0.05, 0.1) is 6.26 Å². The Labute approximate surface area is 142 Å². The summed E-state index contributed by atoms with van der Waals surface area (Å²) in [6.45, 7) is 0.569. The molecule has 1 atom stereocenters. The van der Waals surface area contributed by atoms with E-state index < -0.39 is 16.1 Å². The summed E-state index contributed by atoms with van der Waals surface area (Å²) in [6.07, 6.45) is 1.90. The summed E-state index contributed by atoms with van der Waals surface area (Å²) in [4.78, 5) is 14.9. The number of para-hydroxylation sites is 1. The summed E-state index contributed by atoms with van der Waals surface area (Å²) < 4.78 is 25.3. The molecule has 1 unspecified atom stereocenters. The van der Waals surface area contributed by atoms with Crippen molar-refractivity contribution in [2.45, 2.75) is 12.5 Å². The fourth-order valence-corrected chi connectivity index (χ4v) is 3.64. The zero-order chi connectivity index (χ0) is 17.3. The molecule has 0 N–H and O–H groups in total. The van der Waals surface area contributed by atoms with Gasteiger partial charge in [-0.3, -0.25) is 4.79 Å². The van der Waals surface area contributed by atoms with Crippen LogP contribution in [0.1, 0.15) is 17.2 Å². The molecular formula is C18H20N2O3S. The molecule has 0 aliphatic carbocycles. The molecule has 0 radical (unpaired) electrons. The molecule has 1 heterocycles. The number of fused-ring (bicyclic) bond motifs is 1. The number of hydrogen-bond donors (Lipinski definition) is 0. The minimum absolute atomic E-state index is 0.223. The smallest absolute Gasteiger partial charge is 0.249 e. The minimum Gasteiger partial charge on any atom is -0.310 e. The molecule has 0 saturated heterocycles. The van der Waals surface area contributed by atoms with Crippen molar-refractivity contribution in [3.63, 3.8) is 0 Å². The third-order valence-corrected chi connectivity index (χ3v) is 5.65. The van der Waals surface area contributed by atoms with Crippen LogP contribution >= 0.6 is 0 Å². The largest absolute Gasteiger partial charge is 0.310 e. The van der Waals surface area contributed by atoms with Crippen molar-refractivity contribution in [1.82, 2.24) is 4.31 Å². The van der Waals surface area contributed by atoms with Crippen LogP contribution < -0.4 is 4.90 Å². The Morgan fingerprint density at radius 1 is 1.08 bits per heavy atom. The van der Waals surface area contributed by atoms with Crippen LogP contribution in [-0.4, -0.2) is 38.5 Å². The second-order valence-corrected chi connectivity index (χ2v) is 8.00. The molecule has 0 fully saturated rings. The van der Waals surface area contributed by atoms with Crippen LogP contribution in [-0.2, 0) is 21.2 Å².